The molecular formula is C15H20N2O4. The Hall–Kier alpha value is -2.24. The number of nitrogens with one attached hydrogen (secondary N) is 1. The average Bonchev–Trinajstić information content (AvgIpc) is 3.25. The van der Waals surface area contributed by atoms with Gasteiger partial charge in [0.2, 0.25) is 0 Å². The SMILES string of the molecule is COc1ccc(NC(=O)N(CCC(=O)O)C2CC2)c(C)c1. The Morgan fingerprint density at radius 1 is 1.43 bits per heavy atom. The number of amides is 2. The van der Waals surface area contributed by atoms with Crippen molar-refractivity contribution in [3.63, 3.8) is 0 Å². The van der Waals surface area contributed by atoms with E-state index in [1.54, 1.807) is 24.1 Å². The molecule has 6 nitrogen and oxygen atoms in total. The summed E-state index contributed by atoms with van der Waals surface area (Å²) in [4.78, 5) is 24.6. The second kappa shape index (κ2) is 6.47. The van der Waals surface area contributed by atoms with Crippen molar-refractivity contribution in [2.75, 3.05) is 19.0 Å². The van der Waals surface area contributed by atoms with Gasteiger partial charge in [0.25, 0.3) is 0 Å². The van der Waals surface area contributed by atoms with Crippen molar-refractivity contribution in [3.8, 4) is 5.75 Å². The van der Waals surface area contributed by atoms with Crippen LogP contribution in [-0.2, 0) is 4.79 Å². The number of urea groups is 1. The largest absolute Gasteiger partial charge is 0.497 e. The highest BCUT2D eigenvalue weighted by atomic mass is 16.5. The predicted molar refractivity (Wildman–Crippen MR) is 78.7 cm³/mol. The Balaban J connectivity index is 2.02. The quantitative estimate of drug-likeness (QED) is 0.844. The zero-order valence-corrected chi connectivity index (χ0v) is 12.3. The van der Waals surface area contributed by atoms with Crippen molar-refractivity contribution in [3.05, 3.63) is 23.8 Å². The monoisotopic (exact) mass is 292 g/mol. The minimum atomic E-state index is -0.894. The van der Waals surface area contributed by atoms with E-state index in [9.17, 15) is 9.59 Å². The van der Waals surface area contributed by atoms with Crippen LogP contribution in [0.5, 0.6) is 5.75 Å². The van der Waals surface area contributed by atoms with Crippen LogP contribution in [0.1, 0.15) is 24.8 Å². The molecule has 114 valence electrons. The highest BCUT2D eigenvalue weighted by Crippen LogP contribution is 2.28. The van der Waals surface area contributed by atoms with Gasteiger partial charge in [0.15, 0.2) is 0 Å². The lowest BCUT2D eigenvalue weighted by atomic mass is 10.2. The zero-order chi connectivity index (χ0) is 15.4. The maximum Gasteiger partial charge on any atom is 0.322 e. The molecule has 1 saturated carbocycles. The van der Waals surface area contributed by atoms with E-state index < -0.39 is 5.97 Å². The number of aryl methyl sites for hydroxylation is 1. The van der Waals surface area contributed by atoms with Crippen LogP contribution in [0.2, 0.25) is 0 Å². The first-order valence-corrected chi connectivity index (χ1v) is 6.95. The van der Waals surface area contributed by atoms with Crippen LogP contribution in [0, 0.1) is 6.92 Å². The number of ether oxygens (including phenoxy) is 1. The molecule has 0 bridgehead atoms. The first-order chi connectivity index (χ1) is 10.0. The Labute approximate surface area is 123 Å². The second-order valence-electron chi connectivity index (χ2n) is 5.18. The highest BCUT2D eigenvalue weighted by molar-refractivity contribution is 5.90. The highest BCUT2D eigenvalue weighted by Gasteiger charge is 2.32. The van der Waals surface area contributed by atoms with E-state index in [0.29, 0.717) is 5.69 Å². The Morgan fingerprint density at radius 3 is 2.67 bits per heavy atom. The van der Waals surface area contributed by atoms with E-state index in [4.69, 9.17) is 9.84 Å². The molecule has 1 aliphatic rings. The molecule has 1 aliphatic carbocycles. The van der Waals surface area contributed by atoms with Gasteiger partial charge in [-0.05, 0) is 43.5 Å². The molecule has 2 N–H and O–H groups in total. The maximum atomic E-state index is 12.3. The lowest BCUT2D eigenvalue weighted by Crippen LogP contribution is -2.38. The number of aliphatic carboxylic acids is 1. The molecule has 1 aromatic rings. The lowest BCUT2D eigenvalue weighted by molar-refractivity contribution is -0.137. The van der Waals surface area contributed by atoms with Gasteiger partial charge in [-0.25, -0.2) is 4.79 Å². The van der Waals surface area contributed by atoms with Gasteiger partial charge in [0, 0.05) is 18.3 Å². The van der Waals surface area contributed by atoms with Gasteiger partial charge >= 0.3 is 12.0 Å². The summed E-state index contributed by atoms with van der Waals surface area (Å²) >= 11 is 0. The van der Waals surface area contributed by atoms with Crippen LogP contribution in [0.4, 0.5) is 10.5 Å². The van der Waals surface area contributed by atoms with Crippen LogP contribution < -0.4 is 10.1 Å². The summed E-state index contributed by atoms with van der Waals surface area (Å²) in [6.07, 6.45) is 1.84. The fourth-order valence-electron chi connectivity index (χ4n) is 2.14. The number of rotatable bonds is 6. The van der Waals surface area contributed by atoms with Gasteiger partial charge in [-0.2, -0.15) is 0 Å². The Kier molecular flexibility index (Phi) is 4.67. The molecule has 0 unspecified atom stereocenters. The standard InChI is InChI=1S/C15H20N2O4/c1-10-9-12(21-2)5-6-13(10)16-15(20)17(11-3-4-11)8-7-14(18)19/h5-6,9,11H,3-4,7-8H2,1-2H3,(H,16,20)(H,18,19). The summed E-state index contributed by atoms with van der Waals surface area (Å²) in [7, 11) is 1.59. The molecule has 0 radical (unpaired) electrons. The van der Waals surface area contributed by atoms with Crippen LogP contribution in [0.3, 0.4) is 0 Å². The minimum Gasteiger partial charge on any atom is -0.497 e. The third-order valence-corrected chi connectivity index (χ3v) is 3.49. The molecule has 6 heteroatoms. The van der Waals surface area contributed by atoms with E-state index in [1.165, 1.54) is 0 Å². The van der Waals surface area contributed by atoms with Crippen molar-refractivity contribution in [2.45, 2.75) is 32.2 Å². The fraction of sp³-hybridized carbons (Fsp3) is 0.467. The van der Waals surface area contributed by atoms with Gasteiger partial charge in [-0.3, -0.25) is 4.79 Å². The molecule has 21 heavy (non-hydrogen) atoms. The maximum absolute atomic E-state index is 12.3. The molecule has 1 fully saturated rings. The van der Waals surface area contributed by atoms with Gasteiger partial charge in [0.1, 0.15) is 5.75 Å². The Morgan fingerprint density at radius 2 is 2.14 bits per heavy atom. The minimum absolute atomic E-state index is 0.0362. The van der Waals surface area contributed by atoms with Gasteiger partial charge in [-0.15, -0.1) is 0 Å². The molecular weight excluding hydrogens is 272 g/mol. The molecule has 2 amide bonds. The van der Waals surface area contributed by atoms with E-state index >= 15 is 0 Å². The van der Waals surface area contributed by atoms with E-state index in [0.717, 1.165) is 24.2 Å². The van der Waals surface area contributed by atoms with Gasteiger partial charge < -0.3 is 20.1 Å². The molecule has 0 aromatic heterocycles. The van der Waals surface area contributed by atoms with E-state index in [2.05, 4.69) is 5.32 Å². The number of nitrogens with zero attached hydrogens (tertiary/aromatic N) is 1. The van der Waals surface area contributed by atoms with Crippen LogP contribution in [0.25, 0.3) is 0 Å². The topological polar surface area (TPSA) is 78.9 Å². The molecule has 1 aromatic carbocycles. The fourth-order valence-corrected chi connectivity index (χ4v) is 2.14. The lowest BCUT2D eigenvalue weighted by Gasteiger charge is -2.22. The molecule has 0 heterocycles. The summed E-state index contributed by atoms with van der Waals surface area (Å²) in [6, 6.07) is 5.33. The molecule has 0 aliphatic heterocycles. The predicted octanol–water partition coefficient (Wildman–Crippen LogP) is 2.47. The molecule has 0 spiro atoms. The molecule has 0 atom stereocenters. The summed E-state index contributed by atoms with van der Waals surface area (Å²) < 4.78 is 5.13. The van der Waals surface area contributed by atoms with Gasteiger partial charge in [-0.1, -0.05) is 0 Å². The van der Waals surface area contributed by atoms with E-state index in [1.807, 2.05) is 13.0 Å². The first kappa shape index (κ1) is 15.2. The van der Waals surface area contributed by atoms with Crippen LogP contribution >= 0.6 is 0 Å². The van der Waals surface area contributed by atoms with Crippen molar-refractivity contribution >= 4 is 17.7 Å². The number of carbonyl (C=O) groups excluding carboxylic acids is 1. The van der Waals surface area contributed by atoms with E-state index in [-0.39, 0.29) is 25.0 Å². The number of benzene rings is 1. The number of carbonyl (C=O) groups is 2. The number of carboxylic acid groups (broad SMARTS) is 1. The van der Waals surface area contributed by atoms with Crippen LogP contribution in [0.15, 0.2) is 18.2 Å². The first-order valence-electron chi connectivity index (χ1n) is 6.95. The third-order valence-electron chi connectivity index (χ3n) is 3.49. The summed E-state index contributed by atoms with van der Waals surface area (Å²) in [5.41, 5.74) is 1.61. The molecule has 2 rings (SSSR count). The normalized spacial score (nSPS) is 13.6. The van der Waals surface area contributed by atoms with Crippen LogP contribution in [-0.4, -0.2) is 41.7 Å². The Bertz CT molecular complexity index is 540. The summed E-state index contributed by atoms with van der Waals surface area (Å²) in [5, 5.41) is 11.6. The third kappa shape index (κ3) is 4.11. The smallest absolute Gasteiger partial charge is 0.322 e. The summed E-state index contributed by atoms with van der Waals surface area (Å²) in [6.45, 7) is 2.12. The zero-order valence-electron chi connectivity index (χ0n) is 12.3. The van der Waals surface area contributed by atoms with Crippen molar-refractivity contribution < 1.29 is 19.4 Å². The summed E-state index contributed by atoms with van der Waals surface area (Å²) in [5.74, 6) is -0.162. The van der Waals surface area contributed by atoms with Crippen molar-refractivity contribution in [2.24, 2.45) is 0 Å². The number of methoxy groups -OCH3 is 1. The number of carboxylic acids is 1. The van der Waals surface area contributed by atoms with Crippen molar-refractivity contribution in [1.82, 2.24) is 4.90 Å². The average molecular weight is 292 g/mol. The molecule has 0 saturated heterocycles. The van der Waals surface area contributed by atoms with Gasteiger partial charge in [0.05, 0.1) is 13.5 Å². The number of anilines is 1. The second-order valence-corrected chi connectivity index (χ2v) is 5.18. The number of hydrogen-bond acceptors (Lipinski definition) is 3. The van der Waals surface area contributed by atoms with Crippen molar-refractivity contribution in [1.29, 1.82) is 0 Å². The number of hydrogen-bond donors (Lipinski definition) is 2.